The molecular weight excluding hydrogens is 868 g/mol. The molecule has 326 valence electrons. The second kappa shape index (κ2) is 20.4. The van der Waals surface area contributed by atoms with Crippen LogP contribution in [0.15, 0.2) is 81.9 Å². The van der Waals surface area contributed by atoms with E-state index in [0.29, 0.717) is 38.6 Å². The molecule has 0 aliphatic heterocycles. The minimum atomic E-state index is 0. The van der Waals surface area contributed by atoms with Crippen LogP contribution in [0.2, 0.25) is 0 Å². The quantitative estimate of drug-likeness (QED) is 0.0343. The number of nitriles is 1. The van der Waals surface area contributed by atoms with Gasteiger partial charge in [-0.3, -0.25) is 9.94 Å². The molecular formula is C48H47LiN10O3S3. The molecule has 0 atom stereocenters. The van der Waals surface area contributed by atoms with Crippen LogP contribution < -0.4 is 34.3 Å². The van der Waals surface area contributed by atoms with Crippen molar-refractivity contribution in [2.45, 2.75) is 92.9 Å². The molecule has 0 unspecified atom stereocenters. The Balaban J connectivity index is 0.00000630. The van der Waals surface area contributed by atoms with Gasteiger partial charge in [-0.05, 0) is 130 Å². The summed E-state index contributed by atoms with van der Waals surface area (Å²) in [7, 11) is 0. The van der Waals surface area contributed by atoms with Gasteiger partial charge in [0.15, 0.2) is 16.8 Å². The van der Waals surface area contributed by atoms with E-state index in [2.05, 4.69) is 117 Å². The van der Waals surface area contributed by atoms with Gasteiger partial charge < -0.3 is 10.6 Å². The van der Waals surface area contributed by atoms with Crippen LogP contribution in [0.5, 0.6) is 0 Å². The monoisotopic (exact) mass is 914 g/mol. The number of aromatic nitrogens is 5. The van der Waals surface area contributed by atoms with Crippen LogP contribution in [-0.2, 0) is 35.1 Å². The minimum absolute atomic E-state index is 0. The van der Waals surface area contributed by atoms with E-state index in [4.69, 9.17) is 30.3 Å². The number of anilines is 5. The second-order valence-corrected chi connectivity index (χ2v) is 18.4. The Morgan fingerprint density at radius 3 is 2.05 bits per heavy atom. The Bertz CT molecular complexity index is 3090. The first-order valence-electron chi connectivity index (χ1n) is 21.1. The smallest absolute Gasteiger partial charge is 0.691 e. The van der Waals surface area contributed by atoms with Crippen molar-refractivity contribution in [2.75, 3.05) is 10.2 Å². The van der Waals surface area contributed by atoms with Gasteiger partial charge in [0, 0.05) is 10.6 Å². The summed E-state index contributed by atoms with van der Waals surface area (Å²) < 4.78 is 7.98. The Kier molecular flexibility index (Phi) is 14.9. The summed E-state index contributed by atoms with van der Waals surface area (Å²) in [5.74, 6) is 1.42. The van der Waals surface area contributed by atoms with Crippen molar-refractivity contribution in [1.82, 2.24) is 24.7 Å². The maximum absolute atomic E-state index is 10.5. The van der Waals surface area contributed by atoms with Crippen molar-refractivity contribution in [3.63, 3.8) is 0 Å². The minimum Gasteiger partial charge on any atom is -0.691 e. The van der Waals surface area contributed by atoms with Crippen molar-refractivity contribution in [3.05, 3.63) is 122 Å². The number of aryl methyl sites for hydroxylation is 9. The molecule has 0 saturated carbocycles. The molecule has 1 N–H and O–H groups in total. The molecule has 0 radical (unpaired) electrons. The number of fused-ring (bicyclic) bond motifs is 2. The molecule has 65 heavy (non-hydrogen) atoms. The number of nitrogens with zero attached hydrogens (tertiary/aromatic N) is 9. The summed E-state index contributed by atoms with van der Waals surface area (Å²) >= 11 is 3.79. The summed E-state index contributed by atoms with van der Waals surface area (Å²) in [4.78, 5) is 18.4. The molecule has 0 fully saturated rings. The zero-order chi connectivity index (χ0) is 45.2. The van der Waals surface area contributed by atoms with Gasteiger partial charge >= 0.3 is 18.9 Å². The first kappa shape index (κ1) is 47.5. The zero-order valence-electron chi connectivity index (χ0n) is 38.2. The van der Waals surface area contributed by atoms with E-state index in [0.717, 1.165) is 85.8 Å². The van der Waals surface area contributed by atoms with Gasteiger partial charge in [-0.1, -0.05) is 91.8 Å². The Morgan fingerprint density at radius 1 is 0.769 bits per heavy atom. The third kappa shape index (κ3) is 9.61. The number of hydrogen-bond acceptors (Lipinski definition) is 15. The van der Waals surface area contributed by atoms with Gasteiger partial charge in [-0.2, -0.15) is 19.4 Å². The van der Waals surface area contributed by atoms with Gasteiger partial charge in [0.25, 0.3) is 0 Å². The summed E-state index contributed by atoms with van der Waals surface area (Å²) in [5.41, 5.74) is 14.0. The fourth-order valence-electron chi connectivity index (χ4n) is 8.00. The fraction of sp³-hybridized carbons (Fsp3) is 0.271. The van der Waals surface area contributed by atoms with Crippen LogP contribution in [-0.4, -0.2) is 24.7 Å². The summed E-state index contributed by atoms with van der Waals surface area (Å²) in [6.45, 7) is 18.8. The van der Waals surface area contributed by atoms with Crippen molar-refractivity contribution in [1.29, 1.82) is 5.26 Å². The number of azo groups is 1. The molecule has 0 aliphatic rings. The van der Waals surface area contributed by atoms with Crippen LogP contribution >= 0.6 is 34.7 Å². The summed E-state index contributed by atoms with van der Waals surface area (Å²) in [6, 6.07) is 25.1. The van der Waals surface area contributed by atoms with Crippen molar-refractivity contribution in [2.24, 2.45) is 10.2 Å². The van der Waals surface area contributed by atoms with E-state index in [9.17, 15) is 10.5 Å². The first-order valence-corrected chi connectivity index (χ1v) is 23.5. The number of rotatable bonds is 15. The molecule has 8 rings (SSSR count). The molecule has 0 bridgehead atoms. The molecule has 4 aromatic carbocycles. The molecule has 0 spiro atoms. The summed E-state index contributed by atoms with van der Waals surface area (Å²) in [5, 5.41) is 44.0. The van der Waals surface area contributed by atoms with E-state index in [1.54, 1.807) is 29.0 Å². The zero-order valence-corrected chi connectivity index (χ0v) is 40.6. The molecule has 0 aliphatic carbocycles. The molecule has 4 aromatic heterocycles. The van der Waals surface area contributed by atoms with Crippen LogP contribution in [0.1, 0.15) is 83.5 Å². The van der Waals surface area contributed by atoms with E-state index in [1.807, 2.05) is 25.1 Å². The number of hydrogen-bond donors (Lipinski definition) is 1. The van der Waals surface area contributed by atoms with E-state index >= 15 is 0 Å². The number of thiazole rings is 2. The molecule has 4 heterocycles. The van der Waals surface area contributed by atoms with Crippen LogP contribution in [0.3, 0.4) is 0 Å². The standard InChI is InChI=1S/C48H48N10O3S3.Li/c1-10-31-18-27(6)19-32(11-2)43(31)53-45-42(54-55-46-36(25-49)30(9)56-58(46)48-51-38-17-15-35(64-61-60-59)24-40(38)63-48)29(8)23-41(52-45)57(44-33(12-3)20-28(7)21-34(44)13-4)47-50-37-16-14-26(5)22-39(37)62-47;/h14-24,59H,10-13H2,1-9H3,(H,52,53);/q;+1/p-1. The average Bonchev–Trinajstić information content (AvgIpc) is 3.99. The third-order valence-corrected chi connectivity index (χ3v) is 13.6. The average molecular weight is 915 g/mol. The molecule has 0 saturated heterocycles. The maximum Gasteiger partial charge on any atom is 1.00 e. The maximum atomic E-state index is 10.5. The predicted octanol–water partition coefficient (Wildman–Crippen LogP) is 10.0. The third-order valence-electron chi connectivity index (χ3n) is 11.1. The molecule has 0 amide bonds. The number of benzene rings is 4. The Morgan fingerprint density at radius 2 is 1.40 bits per heavy atom. The van der Waals surface area contributed by atoms with Crippen LogP contribution in [0.25, 0.3) is 25.6 Å². The predicted molar refractivity (Wildman–Crippen MR) is 257 cm³/mol. The van der Waals surface area contributed by atoms with Crippen LogP contribution in [0, 0.1) is 45.9 Å². The van der Waals surface area contributed by atoms with Gasteiger partial charge in [-0.15, -0.1) is 10.2 Å². The van der Waals surface area contributed by atoms with Crippen molar-refractivity contribution >= 4 is 94.8 Å². The van der Waals surface area contributed by atoms with Crippen LogP contribution in [0.4, 0.5) is 39.6 Å². The largest absolute Gasteiger partial charge is 1.00 e. The van der Waals surface area contributed by atoms with Gasteiger partial charge in [0.05, 0.1) is 43.9 Å². The molecule has 13 nitrogen and oxygen atoms in total. The Labute approximate surface area is 402 Å². The normalized spacial score (nSPS) is 11.5. The first-order chi connectivity index (χ1) is 31.0. The fourth-order valence-corrected chi connectivity index (χ4v) is 10.5. The number of nitrogens with one attached hydrogen (secondary N) is 1. The topological polar surface area (TPSA) is 162 Å². The van der Waals surface area contributed by atoms with Crippen molar-refractivity contribution < 1.29 is 33.5 Å². The van der Waals surface area contributed by atoms with Gasteiger partial charge in [0.1, 0.15) is 23.1 Å². The van der Waals surface area contributed by atoms with E-state index in [1.165, 1.54) is 39.2 Å². The van der Waals surface area contributed by atoms with Gasteiger partial charge in [-0.25, -0.2) is 15.0 Å². The molecule has 17 heteroatoms. The van der Waals surface area contributed by atoms with E-state index in [-0.39, 0.29) is 30.2 Å². The SMILES string of the molecule is CCc1cc(C)cc(CC)c1Nc1nc(N(c2nc3ccc(C)cc3s2)c2c(CC)cc(C)cc2CC)cc(C)c1N=Nc1c(C#N)c(C)nn1-c1nc2ccc(SOO[O-])cc2s1.[Li+]. The number of pyridine rings is 1. The van der Waals surface area contributed by atoms with Gasteiger partial charge in [0.2, 0.25) is 5.13 Å². The van der Waals surface area contributed by atoms with E-state index < -0.39 is 0 Å². The Hall–Kier alpha value is -5.46. The van der Waals surface area contributed by atoms with Crippen molar-refractivity contribution in [3.8, 4) is 11.2 Å². The second-order valence-electron chi connectivity index (χ2n) is 15.6. The summed E-state index contributed by atoms with van der Waals surface area (Å²) in [6.07, 6.45) is 3.24. The molecule has 8 aromatic rings.